The molecular formula is C17H25N3O4. The second kappa shape index (κ2) is 8.21. The van der Waals surface area contributed by atoms with E-state index in [1.807, 2.05) is 24.3 Å². The molecule has 1 aromatic carbocycles. The molecule has 0 spiro atoms. The standard InChI is InChI=1S/C17H25N3O4/c21-17(22)20-7-5-19(6-8-20)15-3-1-2-4-16(15)24-14-11-18-9-12-23-13-10-18/h1-4H,5-14H2,(H,21,22). The van der Waals surface area contributed by atoms with Crippen LogP contribution in [0.1, 0.15) is 0 Å². The summed E-state index contributed by atoms with van der Waals surface area (Å²) in [6.45, 7) is 7.48. The first-order valence-corrected chi connectivity index (χ1v) is 8.49. The summed E-state index contributed by atoms with van der Waals surface area (Å²) in [4.78, 5) is 17.0. The molecule has 0 unspecified atom stereocenters. The number of carboxylic acid groups (broad SMARTS) is 1. The zero-order chi connectivity index (χ0) is 16.8. The van der Waals surface area contributed by atoms with Gasteiger partial charge >= 0.3 is 6.09 Å². The summed E-state index contributed by atoms with van der Waals surface area (Å²) in [5.74, 6) is 0.870. The van der Waals surface area contributed by atoms with Crippen LogP contribution in [0.5, 0.6) is 5.75 Å². The molecule has 0 saturated carbocycles. The number of nitrogens with zero attached hydrogens (tertiary/aromatic N) is 3. The predicted octanol–water partition coefficient (Wildman–Crippen LogP) is 1.20. The Morgan fingerprint density at radius 1 is 1.08 bits per heavy atom. The second-order valence-corrected chi connectivity index (χ2v) is 6.03. The van der Waals surface area contributed by atoms with Crippen molar-refractivity contribution < 1.29 is 19.4 Å². The van der Waals surface area contributed by atoms with Gasteiger partial charge in [0.2, 0.25) is 0 Å². The maximum Gasteiger partial charge on any atom is 0.407 e. The summed E-state index contributed by atoms with van der Waals surface area (Å²) in [5.41, 5.74) is 1.05. The fourth-order valence-electron chi connectivity index (χ4n) is 3.09. The quantitative estimate of drug-likeness (QED) is 0.872. The Morgan fingerprint density at radius 2 is 1.79 bits per heavy atom. The molecule has 0 radical (unpaired) electrons. The molecule has 3 rings (SSSR count). The molecule has 2 saturated heterocycles. The second-order valence-electron chi connectivity index (χ2n) is 6.03. The van der Waals surface area contributed by atoms with Crippen molar-refractivity contribution in [2.75, 3.05) is 70.5 Å². The van der Waals surface area contributed by atoms with Gasteiger partial charge in [0, 0.05) is 45.8 Å². The van der Waals surface area contributed by atoms with Crippen molar-refractivity contribution in [3.8, 4) is 5.75 Å². The normalized spacial score (nSPS) is 19.3. The van der Waals surface area contributed by atoms with Crippen molar-refractivity contribution in [1.82, 2.24) is 9.80 Å². The molecule has 0 aromatic heterocycles. The highest BCUT2D eigenvalue weighted by molar-refractivity contribution is 5.66. The van der Waals surface area contributed by atoms with E-state index in [0.717, 1.165) is 44.3 Å². The lowest BCUT2D eigenvalue weighted by atomic mass is 10.2. The predicted molar refractivity (Wildman–Crippen MR) is 91.0 cm³/mol. The van der Waals surface area contributed by atoms with Crippen molar-refractivity contribution in [3.05, 3.63) is 24.3 Å². The van der Waals surface area contributed by atoms with Gasteiger partial charge in [0.1, 0.15) is 12.4 Å². The van der Waals surface area contributed by atoms with E-state index in [2.05, 4.69) is 9.80 Å². The number of hydrogen-bond donors (Lipinski definition) is 1. The smallest absolute Gasteiger partial charge is 0.407 e. The van der Waals surface area contributed by atoms with E-state index in [9.17, 15) is 4.79 Å². The van der Waals surface area contributed by atoms with Crippen molar-refractivity contribution in [2.45, 2.75) is 0 Å². The number of benzene rings is 1. The Labute approximate surface area is 142 Å². The van der Waals surface area contributed by atoms with Gasteiger partial charge in [-0.15, -0.1) is 0 Å². The topological polar surface area (TPSA) is 65.5 Å². The molecule has 1 amide bonds. The largest absolute Gasteiger partial charge is 0.490 e. The van der Waals surface area contributed by atoms with Crippen LogP contribution >= 0.6 is 0 Å². The molecule has 24 heavy (non-hydrogen) atoms. The van der Waals surface area contributed by atoms with Gasteiger partial charge < -0.3 is 24.4 Å². The average Bonchev–Trinajstić information content (AvgIpc) is 2.63. The van der Waals surface area contributed by atoms with Gasteiger partial charge in [0.15, 0.2) is 0 Å². The lowest BCUT2D eigenvalue weighted by molar-refractivity contribution is 0.0323. The summed E-state index contributed by atoms with van der Waals surface area (Å²) >= 11 is 0. The van der Waals surface area contributed by atoms with Gasteiger partial charge in [-0.1, -0.05) is 12.1 Å². The molecule has 1 aromatic rings. The van der Waals surface area contributed by atoms with E-state index in [0.29, 0.717) is 32.8 Å². The minimum Gasteiger partial charge on any atom is -0.490 e. The average molecular weight is 335 g/mol. The zero-order valence-corrected chi connectivity index (χ0v) is 13.9. The number of ether oxygens (including phenoxy) is 2. The van der Waals surface area contributed by atoms with E-state index in [1.54, 1.807) is 0 Å². The number of morpholine rings is 1. The van der Waals surface area contributed by atoms with Crippen LogP contribution in [0.3, 0.4) is 0 Å². The molecule has 2 aliphatic rings. The van der Waals surface area contributed by atoms with Crippen LogP contribution in [0.2, 0.25) is 0 Å². The highest BCUT2D eigenvalue weighted by atomic mass is 16.5. The molecular weight excluding hydrogens is 310 g/mol. The van der Waals surface area contributed by atoms with Crippen molar-refractivity contribution >= 4 is 11.8 Å². The molecule has 2 fully saturated rings. The Balaban J connectivity index is 1.54. The maximum absolute atomic E-state index is 11.0. The molecule has 2 heterocycles. The van der Waals surface area contributed by atoms with Gasteiger partial charge in [0.05, 0.1) is 18.9 Å². The van der Waals surface area contributed by atoms with Gasteiger partial charge in [-0.25, -0.2) is 4.79 Å². The summed E-state index contributed by atoms with van der Waals surface area (Å²) in [6, 6.07) is 7.99. The molecule has 7 nitrogen and oxygen atoms in total. The van der Waals surface area contributed by atoms with Crippen LogP contribution in [0.15, 0.2) is 24.3 Å². The van der Waals surface area contributed by atoms with E-state index in [1.165, 1.54) is 4.90 Å². The van der Waals surface area contributed by atoms with Gasteiger partial charge in [-0.2, -0.15) is 0 Å². The Hall–Kier alpha value is -1.99. The molecule has 132 valence electrons. The lowest BCUT2D eigenvalue weighted by Crippen LogP contribution is -2.48. The van der Waals surface area contributed by atoms with Crippen LogP contribution in [-0.4, -0.2) is 86.6 Å². The first-order valence-electron chi connectivity index (χ1n) is 8.49. The number of piperazine rings is 1. The summed E-state index contributed by atoms with van der Waals surface area (Å²) in [7, 11) is 0. The van der Waals surface area contributed by atoms with Crippen LogP contribution in [-0.2, 0) is 4.74 Å². The highest BCUT2D eigenvalue weighted by Gasteiger charge is 2.22. The first kappa shape index (κ1) is 16.9. The Bertz CT molecular complexity index is 540. The van der Waals surface area contributed by atoms with Crippen molar-refractivity contribution in [2.24, 2.45) is 0 Å². The molecule has 1 N–H and O–H groups in total. The van der Waals surface area contributed by atoms with Crippen LogP contribution in [0.4, 0.5) is 10.5 Å². The van der Waals surface area contributed by atoms with Gasteiger partial charge in [0.25, 0.3) is 0 Å². The zero-order valence-electron chi connectivity index (χ0n) is 13.9. The highest BCUT2D eigenvalue weighted by Crippen LogP contribution is 2.28. The van der Waals surface area contributed by atoms with E-state index < -0.39 is 6.09 Å². The van der Waals surface area contributed by atoms with E-state index in [4.69, 9.17) is 14.6 Å². The number of carbonyl (C=O) groups is 1. The minimum absolute atomic E-state index is 0.525. The van der Waals surface area contributed by atoms with Crippen LogP contribution in [0, 0.1) is 0 Å². The van der Waals surface area contributed by atoms with Crippen LogP contribution < -0.4 is 9.64 Å². The molecule has 7 heteroatoms. The summed E-state index contributed by atoms with van der Waals surface area (Å²) < 4.78 is 11.4. The molecule has 0 bridgehead atoms. The van der Waals surface area contributed by atoms with Gasteiger partial charge in [-0.05, 0) is 12.1 Å². The monoisotopic (exact) mass is 335 g/mol. The SMILES string of the molecule is O=C(O)N1CCN(c2ccccc2OCCN2CCOCC2)CC1. The Kier molecular flexibility index (Phi) is 5.77. The first-order chi connectivity index (χ1) is 11.7. The molecule has 0 aliphatic carbocycles. The number of amides is 1. The lowest BCUT2D eigenvalue weighted by Gasteiger charge is -2.35. The maximum atomic E-state index is 11.0. The number of para-hydroxylation sites is 2. The third-order valence-electron chi connectivity index (χ3n) is 4.52. The fraction of sp³-hybridized carbons (Fsp3) is 0.588. The molecule has 2 aliphatic heterocycles. The summed E-state index contributed by atoms with van der Waals surface area (Å²) in [6.07, 6.45) is -0.843. The number of anilines is 1. The Morgan fingerprint density at radius 3 is 2.50 bits per heavy atom. The fourth-order valence-corrected chi connectivity index (χ4v) is 3.09. The van der Waals surface area contributed by atoms with Crippen LogP contribution in [0.25, 0.3) is 0 Å². The third kappa shape index (κ3) is 4.30. The minimum atomic E-state index is -0.843. The van der Waals surface area contributed by atoms with E-state index >= 15 is 0 Å². The van der Waals surface area contributed by atoms with Gasteiger partial charge in [-0.3, -0.25) is 4.90 Å². The van der Waals surface area contributed by atoms with Crippen molar-refractivity contribution in [1.29, 1.82) is 0 Å². The number of rotatable bonds is 5. The summed E-state index contributed by atoms with van der Waals surface area (Å²) in [5, 5.41) is 9.06. The molecule has 0 atom stereocenters. The van der Waals surface area contributed by atoms with E-state index in [-0.39, 0.29) is 0 Å². The third-order valence-corrected chi connectivity index (χ3v) is 4.52. The van der Waals surface area contributed by atoms with Crippen molar-refractivity contribution in [3.63, 3.8) is 0 Å². The number of hydrogen-bond acceptors (Lipinski definition) is 5.